The van der Waals surface area contributed by atoms with E-state index in [1.54, 1.807) is 23.6 Å². The molecule has 1 fully saturated rings. The van der Waals surface area contributed by atoms with E-state index in [0.29, 0.717) is 12.2 Å². The van der Waals surface area contributed by atoms with Gasteiger partial charge in [-0.25, -0.2) is 0 Å². The fourth-order valence-electron chi connectivity index (χ4n) is 2.61. The maximum absolute atomic E-state index is 12.2. The summed E-state index contributed by atoms with van der Waals surface area (Å²) in [6.07, 6.45) is 9.13. The smallest absolute Gasteiger partial charge is 0.195 e. The molecule has 2 aliphatic rings. The van der Waals surface area contributed by atoms with E-state index in [4.69, 9.17) is 4.84 Å². The number of nitrogens with zero attached hydrogens (tertiary/aromatic N) is 2. The van der Waals surface area contributed by atoms with Gasteiger partial charge in [-0.2, -0.15) is 16.5 Å². The highest BCUT2D eigenvalue weighted by molar-refractivity contribution is 7.08. The van der Waals surface area contributed by atoms with E-state index in [9.17, 15) is 4.79 Å². The lowest BCUT2D eigenvalue weighted by Crippen LogP contribution is -2.37. The molecular formula is C16H21N3O2S. The Morgan fingerprint density at radius 3 is 2.86 bits per heavy atom. The van der Waals surface area contributed by atoms with Crippen molar-refractivity contribution in [3.8, 4) is 0 Å². The van der Waals surface area contributed by atoms with E-state index in [2.05, 4.69) is 10.3 Å². The van der Waals surface area contributed by atoms with Gasteiger partial charge in [0.25, 0.3) is 0 Å². The second kappa shape index (κ2) is 7.58. The minimum absolute atomic E-state index is 0.0259. The highest BCUT2D eigenvalue weighted by Gasteiger charge is 2.14. The zero-order chi connectivity index (χ0) is 15.2. The van der Waals surface area contributed by atoms with E-state index in [1.165, 1.54) is 43.7 Å². The van der Waals surface area contributed by atoms with Crippen molar-refractivity contribution in [3.05, 3.63) is 46.4 Å². The Balaban J connectivity index is 1.41. The molecule has 5 nitrogen and oxygen atoms in total. The summed E-state index contributed by atoms with van der Waals surface area (Å²) < 4.78 is 0. The first kappa shape index (κ1) is 15.3. The number of thiophene rings is 1. The van der Waals surface area contributed by atoms with E-state index in [1.807, 2.05) is 16.8 Å². The zero-order valence-electron chi connectivity index (χ0n) is 12.5. The number of rotatable bonds is 6. The van der Waals surface area contributed by atoms with Gasteiger partial charge in [0.05, 0.1) is 12.8 Å². The lowest BCUT2D eigenvalue weighted by molar-refractivity contribution is -0.152. The summed E-state index contributed by atoms with van der Waals surface area (Å²) in [6, 6.07) is 1.84. The van der Waals surface area contributed by atoms with E-state index < -0.39 is 0 Å². The van der Waals surface area contributed by atoms with Crippen LogP contribution in [-0.2, 0) is 4.84 Å². The Kier molecular flexibility index (Phi) is 5.26. The van der Waals surface area contributed by atoms with Gasteiger partial charge in [-0.1, -0.05) is 6.42 Å². The minimum atomic E-state index is 0.0259. The number of hydrazine groups is 1. The molecule has 0 aromatic carbocycles. The number of hydrogen-bond donors (Lipinski definition) is 1. The molecule has 3 rings (SSSR count). The topological polar surface area (TPSA) is 44.8 Å². The van der Waals surface area contributed by atoms with E-state index in [-0.39, 0.29) is 5.78 Å². The monoisotopic (exact) mass is 319 g/mol. The number of carbonyl (C=O) groups is 1. The molecule has 1 N–H and O–H groups in total. The van der Waals surface area contributed by atoms with Crippen molar-refractivity contribution >= 4 is 17.1 Å². The number of Topliss-reactive ketones (excluding diaryl/α,β-unsaturated/α-hetero) is 1. The van der Waals surface area contributed by atoms with Gasteiger partial charge >= 0.3 is 0 Å². The third-order valence-electron chi connectivity index (χ3n) is 3.87. The van der Waals surface area contributed by atoms with E-state index >= 15 is 0 Å². The maximum Gasteiger partial charge on any atom is 0.195 e. The average Bonchev–Trinajstić information content (AvgIpc) is 3.10. The Hall–Kier alpha value is -1.63. The molecule has 1 aromatic heterocycles. The van der Waals surface area contributed by atoms with Gasteiger partial charge in [-0.3, -0.25) is 15.1 Å². The molecule has 2 aliphatic heterocycles. The molecule has 22 heavy (non-hydrogen) atoms. The van der Waals surface area contributed by atoms with Crippen LogP contribution in [0.25, 0.3) is 0 Å². The number of hydroxylamine groups is 1. The number of hydrogen-bond acceptors (Lipinski definition) is 6. The van der Waals surface area contributed by atoms with Gasteiger partial charge in [0.15, 0.2) is 5.78 Å². The van der Waals surface area contributed by atoms with Crippen LogP contribution in [0.1, 0.15) is 29.6 Å². The summed E-state index contributed by atoms with van der Waals surface area (Å²) in [5, 5.41) is 5.32. The van der Waals surface area contributed by atoms with Crippen molar-refractivity contribution in [3.63, 3.8) is 0 Å². The Morgan fingerprint density at radius 2 is 2.18 bits per heavy atom. The van der Waals surface area contributed by atoms with Crippen LogP contribution < -0.4 is 5.43 Å². The van der Waals surface area contributed by atoms with Crippen molar-refractivity contribution < 1.29 is 9.63 Å². The van der Waals surface area contributed by atoms with E-state index in [0.717, 1.165) is 12.1 Å². The fraction of sp³-hybridized carbons (Fsp3) is 0.438. The lowest BCUT2D eigenvalue weighted by atomic mass is 10.1. The van der Waals surface area contributed by atoms with Crippen LogP contribution in [-0.4, -0.2) is 42.1 Å². The molecule has 1 saturated heterocycles. The molecule has 0 amide bonds. The van der Waals surface area contributed by atoms with Crippen molar-refractivity contribution in [1.29, 1.82) is 0 Å². The SMILES string of the molecule is O=C(C1=CNN(OCCN2CCCCC2)C=C1)c1ccsc1. The Labute approximate surface area is 134 Å². The van der Waals surface area contributed by atoms with Gasteiger partial charge in [-0.05, 0) is 43.5 Å². The minimum Gasteiger partial charge on any atom is -0.301 e. The molecule has 6 heteroatoms. The van der Waals surface area contributed by atoms with Crippen LogP contribution in [0, 0.1) is 0 Å². The summed E-state index contributed by atoms with van der Waals surface area (Å²) >= 11 is 1.52. The van der Waals surface area contributed by atoms with Crippen molar-refractivity contribution in [2.45, 2.75) is 19.3 Å². The highest BCUT2D eigenvalue weighted by Crippen LogP contribution is 2.15. The molecule has 0 saturated carbocycles. The van der Waals surface area contributed by atoms with Gasteiger partial charge < -0.3 is 4.90 Å². The number of likely N-dealkylation sites (tertiary alicyclic amines) is 1. The number of ketones is 1. The first-order valence-corrected chi connectivity index (χ1v) is 8.63. The van der Waals surface area contributed by atoms with Crippen molar-refractivity contribution in [2.24, 2.45) is 0 Å². The highest BCUT2D eigenvalue weighted by atomic mass is 32.1. The third-order valence-corrected chi connectivity index (χ3v) is 4.55. The number of nitrogens with one attached hydrogen (secondary N) is 1. The molecular weight excluding hydrogens is 298 g/mol. The largest absolute Gasteiger partial charge is 0.301 e. The molecule has 1 aromatic rings. The van der Waals surface area contributed by atoms with Crippen LogP contribution in [0.4, 0.5) is 0 Å². The van der Waals surface area contributed by atoms with Gasteiger partial charge in [-0.15, -0.1) is 0 Å². The van der Waals surface area contributed by atoms with Crippen molar-refractivity contribution in [1.82, 2.24) is 15.5 Å². The zero-order valence-corrected chi connectivity index (χ0v) is 13.3. The first-order valence-electron chi connectivity index (χ1n) is 7.69. The fourth-order valence-corrected chi connectivity index (χ4v) is 3.24. The molecule has 0 unspecified atom stereocenters. The summed E-state index contributed by atoms with van der Waals surface area (Å²) in [7, 11) is 0. The van der Waals surface area contributed by atoms with Crippen LogP contribution in [0.2, 0.25) is 0 Å². The molecule has 0 spiro atoms. The molecule has 0 radical (unpaired) electrons. The van der Waals surface area contributed by atoms with Crippen LogP contribution >= 0.6 is 11.3 Å². The second-order valence-corrected chi connectivity index (χ2v) is 6.23. The summed E-state index contributed by atoms with van der Waals surface area (Å²) in [4.78, 5) is 20.2. The lowest BCUT2D eigenvalue weighted by Gasteiger charge is -2.28. The second-order valence-electron chi connectivity index (χ2n) is 5.45. The predicted octanol–water partition coefficient (Wildman–Crippen LogP) is 2.57. The quantitative estimate of drug-likeness (QED) is 0.817. The van der Waals surface area contributed by atoms with Gasteiger partial charge in [0, 0.05) is 29.3 Å². The average molecular weight is 319 g/mol. The number of allylic oxidation sites excluding steroid dienone is 2. The predicted molar refractivity (Wildman–Crippen MR) is 87.1 cm³/mol. The number of piperidine rings is 1. The van der Waals surface area contributed by atoms with Gasteiger partial charge in [0.1, 0.15) is 0 Å². The number of carbonyl (C=O) groups excluding carboxylic acids is 1. The standard InChI is InChI=1S/C16H21N3O2S/c20-16(15-5-11-22-13-15)14-4-8-19(17-12-14)21-10-9-18-6-2-1-3-7-18/h4-5,8,11-13,17H,1-3,6-7,9-10H2. The normalized spacial score (nSPS) is 18.9. The summed E-state index contributed by atoms with van der Waals surface area (Å²) in [6.45, 7) is 3.92. The Morgan fingerprint density at radius 1 is 1.32 bits per heavy atom. The molecule has 0 aliphatic carbocycles. The molecule has 118 valence electrons. The molecule has 0 bridgehead atoms. The molecule has 0 atom stereocenters. The summed E-state index contributed by atoms with van der Waals surface area (Å²) in [5.41, 5.74) is 4.33. The van der Waals surface area contributed by atoms with Crippen LogP contribution in [0.5, 0.6) is 0 Å². The molecule has 3 heterocycles. The van der Waals surface area contributed by atoms with Crippen LogP contribution in [0.15, 0.2) is 40.9 Å². The third kappa shape index (κ3) is 3.97. The summed E-state index contributed by atoms with van der Waals surface area (Å²) in [5.74, 6) is 0.0259. The van der Waals surface area contributed by atoms with Crippen molar-refractivity contribution in [2.75, 3.05) is 26.2 Å². The Bertz CT molecular complexity index is 548. The first-order chi connectivity index (χ1) is 10.8. The maximum atomic E-state index is 12.2. The van der Waals surface area contributed by atoms with Gasteiger partial charge in [0.2, 0.25) is 0 Å². The van der Waals surface area contributed by atoms with Crippen LogP contribution in [0.3, 0.4) is 0 Å².